The molecule has 1 heterocycles. The summed E-state index contributed by atoms with van der Waals surface area (Å²) < 4.78 is 20.6. The van der Waals surface area contributed by atoms with Crippen LogP contribution in [0.15, 0.2) is 12.1 Å². The quantitative estimate of drug-likeness (QED) is 0.717. The zero-order valence-corrected chi connectivity index (χ0v) is 17.9. The van der Waals surface area contributed by atoms with E-state index in [4.69, 9.17) is 4.74 Å². The molecule has 1 aliphatic carbocycles. The monoisotopic (exact) mass is 397 g/mol. The molecule has 1 aliphatic rings. The van der Waals surface area contributed by atoms with Crippen LogP contribution in [-0.4, -0.2) is 34.7 Å². The van der Waals surface area contributed by atoms with Crippen LogP contribution in [0.3, 0.4) is 0 Å². The average Bonchev–Trinajstić information content (AvgIpc) is 2.94. The van der Waals surface area contributed by atoms with Crippen LogP contribution in [0.1, 0.15) is 62.4 Å². The van der Waals surface area contributed by atoms with E-state index >= 15 is 4.39 Å². The second-order valence-electron chi connectivity index (χ2n) is 8.76. The normalized spacial score (nSPS) is 17.0. The van der Waals surface area contributed by atoms with Crippen LogP contribution in [0.4, 0.5) is 9.18 Å². The zero-order valence-electron chi connectivity index (χ0n) is 17.9. The van der Waals surface area contributed by atoms with E-state index in [1.807, 2.05) is 40.7 Å². The van der Waals surface area contributed by atoms with Crippen molar-refractivity contribution in [1.29, 1.82) is 5.26 Å². The Balaban J connectivity index is 2.07. The van der Waals surface area contributed by atoms with E-state index in [1.165, 1.54) is 6.07 Å². The van der Waals surface area contributed by atoms with Crippen molar-refractivity contribution in [2.24, 2.45) is 0 Å². The minimum atomic E-state index is -0.572. The maximum absolute atomic E-state index is 15.1. The Morgan fingerprint density at radius 1 is 1.38 bits per heavy atom. The third kappa shape index (κ3) is 4.00. The topological polar surface area (TPSA) is 69.1 Å². The molecule has 6 heteroatoms. The maximum atomic E-state index is 15.1. The van der Waals surface area contributed by atoms with Gasteiger partial charge >= 0.3 is 6.09 Å². The van der Waals surface area contributed by atoms with Crippen LogP contribution in [0, 0.1) is 31.0 Å². The Morgan fingerprint density at radius 2 is 2.07 bits per heavy atom. The van der Waals surface area contributed by atoms with E-state index < -0.39 is 11.4 Å². The molecule has 5 nitrogen and oxygen atoms in total. The molecule has 1 N–H and O–H groups in total. The summed E-state index contributed by atoms with van der Waals surface area (Å²) in [7, 11) is 1.72. The summed E-state index contributed by atoms with van der Waals surface area (Å²) in [5, 5.41) is 10.2. The molecule has 0 saturated carbocycles. The molecular formula is C23H28FN3O2. The lowest BCUT2D eigenvalue weighted by atomic mass is 9.87. The summed E-state index contributed by atoms with van der Waals surface area (Å²) in [4.78, 5) is 17.3. The van der Waals surface area contributed by atoms with E-state index in [0.29, 0.717) is 16.6 Å². The average molecular weight is 397 g/mol. The van der Waals surface area contributed by atoms with Gasteiger partial charge in [0, 0.05) is 23.7 Å². The summed E-state index contributed by atoms with van der Waals surface area (Å²) in [6.45, 7) is 9.36. The summed E-state index contributed by atoms with van der Waals surface area (Å²) >= 11 is 0. The van der Waals surface area contributed by atoms with Crippen LogP contribution in [0.25, 0.3) is 16.5 Å². The predicted octanol–water partition coefficient (Wildman–Crippen LogP) is 5.60. The zero-order chi connectivity index (χ0) is 21.5. The van der Waals surface area contributed by atoms with Gasteiger partial charge in [-0.1, -0.05) is 6.08 Å². The van der Waals surface area contributed by atoms with Crippen molar-refractivity contribution in [1.82, 2.24) is 9.88 Å². The molecule has 2 aromatic rings. The highest BCUT2D eigenvalue weighted by molar-refractivity contribution is 5.98. The number of fused-ring (bicyclic) bond motifs is 1. The lowest BCUT2D eigenvalue weighted by molar-refractivity contribution is 0.0247. The van der Waals surface area contributed by atoms with Gasteiger partial charge in [-0.3, -0.25) is 0 Å². The van der Waals surface area contributed by atoms with Crippen LogP contribution in [0.5, 0.6) is 0 Å². The number of likely N-dealkylation sites (N-methyl/N-ethyl adjacent to an activating group) is 1. The number of amides is 1. The molecule has 154 valence electrons. The number of benzene rings is 1. The fraction of sp³-hybridized carbons (Fsp3) is 0.478. The Hall–Kier alpha value is -2.81. The third-order valence-corrected chi connectivity index (χ3v) is 5.49. The van der Waals surface area contributed by atoms with Gasteiger partial charge in [0.15, 0.2) is 0 Å². The molecule has 0 saturated heterocycles. The highest BCUT2D eigenvalue weighted by Gasteiger charge is 2.28. The summed E-state index contributed by atoms with van der Waals surface area (Å²) in [5.41, 5.74) is 3.65. The number of halogens is 1. The van der Waals surface area contributed by atoms with Crippen LogP contribution in [0.2, 0.25) is 0 Å². The number of carbonyl (C=O) groups excluding carboxylic acids is 1. The van der Waals surface area contributed by atoms with Crippen molar-refractivity contribution in [2.75, 3.05) is 7.05 Å². The number of carbonyl (C=O) groups is 1. The first kappa shape index (κ1) is 20.9. The van der Waals surface area contributed by atoms with Gasteiger partial charge in [0.05, 0.1) is 17.1 Å². The van der Waals surface area contributed by atoms with Crippen molar-refractivity contribution in [3.05, 3.63) is 40.3 Å². The van der Waals surface area contributed by atoms with E-state index in [-0.39, 0.29) is 12.1 Å². The molecule has 0 aliphatic heterocycles. The van der Waals surface area contributed by atoms with Gasteiger partial charge in [-0.2, -0.15) is 5.26 Å². The lowest BCUT2D eigenvalue weighted by Crippen LogP contribution is -2.40. The number of hydrogen-bond acceptors (Lipinski definition) is 3. The minimum Gasteiger partial charge on any atom is -0.444 e. The molecule has 3 rings (SSSR count). The number of H-pyrrole nitrogens is 1. The standard InChI is InChI=1S/C23H28FN3O2/c1-13-14(2)26-21-16(12-25)11-18(24)20(19(13)21)15-8-7-9-17(10-15)27(6)22(28)29-23(3,4)5/h10-11,17,26H,7-9H2,1-6H3/t17-/m0/s1. The second-order valence-corrected chi connectivity index (χ2v) is 8.76. The van der Waals surface area contributed by atoms with Gasteiger partial charge in [-0.25, -0.2) is 9.18 Å². The summed E-state index contributed by atoms with van der Waals surface area (Å²) in [6.07, 6.45) is 3.94. The first-order valence-electron chi connectivity index (χ1n) is 9.92. The first-order chi connectivity index (χ1) is 13.5. The van der Waals surface area contributed by atoms with Crippen molar-refractivity contribution >= 4 is 22.6 Å². The van der Waals surface area contributed by atoms with Crippen LogP contribution in [-0.2, 0) is 4.74 Å². The molecule has 0 bridgehead atoms. The molecule has 1 aromatic heterocycles. The third-order valence-electron chi connectivity index (χ3n) is 5.49. The lowest BCUT2D eigenvalue weighted by Gasteiger charge is -2.32. The van der Waals surface area contributed by atoms with E-state index in [2.05, 4.69) is 11.1 Å². The number of aromatic amines is 1. The van der Waals surface area contributed by atoms with Crippen molar-refractivity contribution in [3.63, 3.8) is 0 Å². The molecule has 1 aromatic carbocycles. The van der Waals surface area contributed by atoms with Gasteiger partial charge in [-0.15, -0.1) is 0 Å². The SMILES string of the molecule is Cc1[nH]c2c(C#N)cc(F)c(C3=C[C@@H](N(C)C(=O)OC(C)(C)C)CCC3)c2c1C. The van der Waals surface area contributed by atoms with Gasteiger partial charge in [-0.05, 0) is 71.1 Å². The van der Waals surface area contributed by atoms with Gasteiger partial charge in [0.25, 0.3) is 0 Å². The number of allylic oxidation sites excluding steroid dienone is 1. The van der Waals surface area contributed by atoms with Crippen molar-refractivity contribution in [2.45, 2.75) is 65.5 Å². The highest BCUT2D eigenvalue weighted by atomic mass is 19.1. The van der Waals surface area contributed by atoms with Gasteiger partial charge in [0.1, 0.15) is 17.5 Å². The Labute approximate surface area is 171 Å². The Morgan fingerprint density at radius 3 is 2.69 bits per heavy atom. The van der Waals surface area contributed by atoms with Crippen LogP contribution < -0.4 is 0 Å². The summed E-state index contributed by atoms with van der Waals surface area (Å²) in [5.74, 6) is -0.400. The number of aromatic nitrogens is 1. The maximum Gasteiger partial charge on any atom is 0.410 e. The number of ether oxygens (including phenoxy) is 1. The molecule has 0 fully saturated rings. The molecule has 1 amide bonds. The fourth-order valence-electron chi connectivity index (χ4n) is 3.91. The molecule has 1 atom stereocenters. The number of nitriles is 1. The Kier molecular flexibility index (Phi) is 5.44. The molecule has 0 radical (unpaired) electrons. The number of nitrogens with zero attached hydrogens (tertiary/aromatic N) is 2. The number of nitrogens with one attached hydrogen (secondary N) is 1. The molecule has 0 spiro atoms. The molecule has 29 heavy (non-hydrogen) atoms. The predicted molar refractivity (Wildman–Crippen MR) is 112 cm³/mol. The highest BCUT2D eigenvalue weighted by Crippen LogP contribution is 2.38. The van der Waals surface area contributed by atoms with Gasteiger partial charge < -0.3 is 14.6 Å². The van der Waals surface area contributed by atoms with Crippen molar-refractivity contribution in [3.8, 4) is 6.07 Å². The number of rotatable bonds is 2. The summed E-state index contributed by atoms with van der Waals surface area (Å²) in [6, 6.07) is 3.22. The van der Waals surface area contributed by atoms with E-state index in [1.54, 1.807) is 11.9 Å². The smallest absolute Gasteiger partial charge is 0.410 e. The first-order valence-corrected chi connectivity index (χ1v) is 9.92. The largest absolute Gasteiger partial charge is 0.444 e. The molecule has 0 unspecified atom stereocenters. The van der Waals surface area contributed by atoms with Crippen molar-refractivity contribution < 1.29 is 13.9 Å². The van der Waals surface area contributed by atoms with Gasteiger partial charge in [0.2, 0.25) is 0 Å². The molecular weight excluding hydrogens is 369 g/mol. The van der Waals surface area contributed by atoms with E-state index in [0.717, 1.165) is 41.5 Å². The van der Waals surface area contributed by atoms with Crippen LogP contribution >= 0.6 is 0 Å². The fourth-order valence-corrected chi connectivity index (χ4v) is 3.91. The number of hydrogen-bond donors (Lipinski definition) is 1. The second kappa shape index (κ2) is 7.55. The van der Waals surface area contributed by atoms with E-state index in [9.17, 15) is 10.1 Å². The number of aryl methyl sites for hydroxylation is 2. The Bertz CT molecular complexity index is 1040. The minimum absolute atomic E-state index is 0.168.